The third-order valence-electron chi connectivity index (χ3n) is 7.31. The first-order chi connectivity index (χ1) is 11.9. The van der Waals surface area contributed by atoms with Gasteiger partial charge in [-0.15, -0.1) is 0 Å². The van der Waals surface area contributed by atoms with Crippen LogP contribution in [-0.4, -0.2) is 59.5 Å². The highest BCUT2D eigenvalue weighted by atomic mass is 16.3. The van der Waals surface area contributed by atoms with Crippen LogP contribution in [0.2, 0.25) is 0 Å². The van der Waals surface area contributed by atoms with Crippen molar-refractivity contribution in [2.45, 2.75) is 63.9 Å². The first-order valence-electron chi connectivity index (χ1n) is 10.1. The van der Waals surface area contributed by atoms with Gasteiger partial charge in [-0.3, -0.25) is 9.59 Å². The van der Waals surface area contributed by atoms with Crippen LogP contribution in [0, 0.1) is 23.2 Å². The average Bonchev–Trinajstić information content (AvgIpc) is 2.53. The lowest BCUT2D eigenvalue weighted by molar-refractivity contribution is -0.145. The van der Waals surface area contributed by atoms with Crippen molar-refractivity contribution in [2.24, 2.45) is 23.2 Å². The number of likely N-dealkylation sites (tertiary alicyclic amines) is 1. The molecule has 5 fully saturated rings. The topological polar surface area (TPSA) is 60.9 Å². The van der Waals surface area contributed by atoms with Gasteiger partial charge in [0.2, 0.25) is 11.8 Å². The highest BCUT2D eigenvalue weighted by Crippen LogP contribution is 2.61. The zero-order valence-corrected chi connectivity index (χ0v) is 15.5. The van der Waals surface area contributed by atoms with Crippen molar-refractivity contribution in [3.63, 3.8) is 0 Å². The van der Waals surface area contributed by atoms with E-state index in [0.717, 1.165) is 17.8 Å². The van der Waals surface area contributed by atoms with E-state index < -0.39 is 0 Å². The number of carbonyl (C=O) groups is 2. The number of aliphatic hydroxyl groups is 1. The van der Waals surface area contributed by atoms with Gasteiger partial charge in [0, 0.05) is 26.6 Å². The fourth-order valence-electron chi connectivity index (χ4n) is 6.47. The van der Waals surface area contributed by atoms with Crippen molar-refractivity contribution < 1.29 is 14.7 Å². The maximum absolute atomic E-state index is 12.8. The molecule has 1 aliphatic heterocycles. The van der Waals surface area contributed by atoms with Crippen molar-refractivity contribution in [3.05, 3.63) is 0 Å². The van der Waals surface area contributed by atoms with E-state index in [1.165, 1.54) is 38.5 Å². The van der Waals surface area contributed by atoms with Crippen molar-refractivity contribution in [1.82, 2.24) is 9.80 Å². The molecule has 4 bridgehead atoms. The number of rotatable bonds is 4. The smallest absolute Gasteiger partial charge is 0.242 e. The summed E-state index contributed by atoms with van der Waals surface area (Å²) in [6.07, 6.45) is 9.53. The summed E-state index contributed by atoms with van der Waals surface area (Å²) in [6.45, 7) is 1.40. The Kier molecular flexibility index (Phi) is 4.55. The Morgan fingerprint density at radius 2 is 1.56 bits per heavy atom. The molecule has 5 nitrogen and oxygen atoms in total. The quantitative estimate of drug-likeness (QED) is 0.846. The molecule has 5 aliphatic rings. The van der Waals surface area contributed by atoms with Crippen LogP contribution in [-0.2, 0) is 9.59 Å². The minimum atomic E-state index is -0.278. The Morgan fingerprint density at radius 3 is 2.08 bits per heavy atom. The number of nitrogens with zero attached hydrogens (tertiary/aromatic N) is 2. The van der Waals surface area contributed by atoms with Gasteiger partial charge in [0.25, 0.3) is 0 Å². The maximum atomic E-state index is 12.8. The summed E-state index contributed by atoms with van der Waals surface area (Å²) in [5.41, 5.74) is 0.234. The van der Waals surface area contributed by atoms with E-state index in [-0.39, 0.29) is 29.9 Å². The molecule has 0 radical (unpaired) electrons. The normalized spacial score (nSPS) is 37.4. The largest absolute Gasteiger partial charge is 0.393 e. The van der Waals surface area contributed by atoms with Crippen molar-refractivity contribution in [1.29, 1.82) is 0 Å². The lowest BCUT2D eigenvalue weighted by Crippen LogP contribution is -2.49. The van der Waals surface area contributed by atoms with Crippen LogP contribution in [0.15, 0.2) is 0 Å². The van der Waals surface area contributed by atoms with Gasteiger partial charge in [0.15, 0.2) is 0 Å². The molecule has 5 rings (SSSR count). The van der Waals surface area contributed by atoms with E-state index in [1.807, 2.05) is 0 Å². The Balaban J connectivity index is 1.31. The monoisotopic (exact) mass is 348 g/mol. The molecule has 0 spiro atoms. The highest BCUT2D eigenvalue weighted by molar-refractivity contribution is 5.85. The zero-order valence-electron chi connectivity index (χ0n) is 15.5. The summed E-state index contributed by atoms with van der Waals surface area (Å²) < 4.78 is 0. The summed E-state index contributed by atoms with van der Waals surface area (Å²) in [6, 6.07) is 0. The first-order valence-corrected chi connectivity index (χ1v) is 10.1. The summed E-state index contributed by atoms with van der Waals surface area (Å²) in [5.74, 6) is 2.72. The number of amides is 2. The van der Waals surface area contributed by atoms with E-state index in [1.54, 1.807) is 16.8 Å². The molecule has 1 heterocycles. The van der Waals surface area contributed by atoms with Crippen molar-refractivity contribution in [2.75, 3.05) is 26.7 Å². The van der Waals surface area contributed by atoms with Crippen LogP contribution in [0.5, 0.6) is 0 Å². The Bertz CT molecular complexity index is 504. The Hall–Kier alpha value is -1.10. The van der Waals surface area contributed by atoms with Gasteiger partial charge in [-0.25, -0.2) is 0 Å². The number of carbonyl (C=O) groups excluding carboxylic acids is 2. The molecular formula is C20H32N2O3. The molecule has 0 atom stereocenters. The second-order valence-electron chi connectivity index (χ2n) is 9.46. The standard InChI is InChI=1S/C20H32N2O3/c1-21(13-19(25)22-4-2-17(23)3-5-22)18(24)12-20-9-14-6-15(10-20)8-16(7-14)11-20/h14-17,23H,2-13H2,1H3. The minimum absolute atomic E-state index is 0.0215. The first kappa shape index (κ1) is 17.3. The van der Waals surface area contributed by atoms with Crippen LogP contribution < -0.4 is 0 Å². The van der Waals surface area contributed by atoms with Crippen LogP contribution in [0.1, 0.15) is 57.8 Å². The lowest BCUT2D eigenvalue weighted by Gasteiger charge is -2.56. The predicted octanol–water partition coefficient (Wildman–Crippen LogP) is 2.03. The van der Waals surface area contributed by atoms with Gasteiger partial charge in [0.1, 0.15) is 0 Å². The van der Waals surface area contributed by atoms with Gasteiger partial charge >= 0.3 is 0 Å². The van der Waals surface area contributed by atoms with Gasteiger partial charge in [-0.05, 0) is 74.5 Å². The SMILES string of the molecule is CN(CC(=O)N1CCC(O)CC1)C(=O)CC12CC3CC(CC(C3)C1)C2. The second kappa shape index (κ2) is 6.57. The van der Waals surface area contributed by atoms with Gasteiger partial charge in [-0.2, -0.15) is 0 Å². The lowest BCUT2D eigenvalue weighted by atomic mass is 9.49. The predicted molar refractivity (Wildman–Crippen MR) is 94.7 cm³/mol. The van der Waals surface area contributed by atoms with Gasteiger partial charge in [-0.1, -0.05) is 0 Å². The summed E-state index contributed by atoms with van der Waals surface area (Å²) >= 11 is 0. The maximum Gasteiger partial charge on any atom is 0.242 e. The number of piperidine rings is 1. The molecule has 0 aromatic rings. The van der Waals surface area contributed by atoms with Crippen LogP contribution in [0.3, 0.4) is 0 Å². The fraction of sp³-hybridized carbons (Fsp3) is 0.900. The average molecular weight is 348 g/mol. The van der Waals surface area contributed by atoms with Crippen LogP contribution in [0.25, 0.3) is 0 Å². The summed E-state index contributed by atoms with van der Waals surface area (Å²) in [7, 11) is 1.78. The Morgan fingerprint density at radius 1 is 1.04 bits per heavy atom. The molecule has 1 saturated heterocycles. The van der Waals surface area contributed by atoms with Gasteiger partial charge < -0.3 is 14.9 Å². The molecule has 4 aliphatic carbocycles. The molecule has 140 valence electrons. The van der Waals surface area contributed by atoms with E-state index in [9.17, 15) is 14.7 Å². The Labute approximate surface area is 150 Å². The molecule has 0 aromatic heterocycles. The number of hydrogen-bond donors (Lipinski definition) is 1. The molecule has 25 heavy (non-hydrogen) atoms. The fourth-order valence-corrected chi connectivity index (χ4v) is 6.47. The zero-order chi connectivity index (χ0) is 17.6. The molecule has 1 N–H and O–H groups in total. The molecular weight excluding hydrogens is 316 g/mol. The molecule has 5 heteroatoms. The highest BCUT2D eigenvalue weighted by Gasteiger charge is 2.51. The number of hydrogen-bond acceptors (Lipinski definition) is 3. The minimum Gasteiger partial charge on any atom is -0.393 e. The molecule has 4 saturated carbocycles. The molecule has 2 amide bonds. The summed E-state index contributed by atoms with van der Waals surface area (Å²) in [4.78, 5) is 28.7. The van der Waals surface area contributed by atoms with E-state index >= 15 is 0 Å². The van der Waals surface area contributed by atoms with Crippen molar-refractivity contribution >= 4 is 11.8 Å². The number of aliphatic hydroxyl groups excluding tert-OH is 1. The number of likely N-dealkylation sites (N-methyl/N-ethyl adjacent to an activating group) is 1. The third-order valence-corrected chi connectivity index (χ3v) is 7.31. The van der Waals surface area contributed by atoms with Crippen LogP contribution >= 0.6 is 0 Å². The summed E-state index contributed by atoms with van der Waals surface area (Å²) in [5, 5.41) is 9.57. The van der Waals surface area contributed by atoms with Gasteiger partial charge in [0.05, 0.1) is 12.6 Å². The van der Waals surface area contributed by atoms with E-state index in [4.69, 9.17) is 0 Å². The van der Waals surface area contributed by atoms with E-state index in [0.29, 0.717) is 32.4 Å². The van der Waals surface area contributed by atoms with Crippen molar-refractivity contribution in [3.8, 4) is 0 Å². The van der Waals surface area contributed by atoms with E-state index in [2.05, 4.69) is 0 Å². The van der Waals surface area contributed by atoms with Crippen LogP contribution in [0.4, 0.5) is 0 Å². The molecule has 0 aromatic carbocycles. The molecule has 0 unspecified atom stereocenters. The third kappa shape index (κ3) is 3.57. The second-order valence-corrected chi connectivity index (χ2v) is 9.46.